The number of amides is 1. The normalized spacial score (nSPS) is 16.2. The van der Waals surface area contributed by atoms with E-state index in [9.17, 15) is 4.79 Å². The van der Waals surface area contributed by atoms with E-state index in [1.165, 1.54) is 0 Å². The lowest BCUT2D eigenvalue weighted by Gasteiger charge is -2.36. The molecule has 0 bridgehead atoms. The number of hydrogen-bond donors (Lipinski definition) is 0. The van der Waals surface area contributed by atoms with Crippen molar-refractivity contribution in [2.75, 3.05) is 45.3 Å². The van der Waals surface area contributed by atoms with Gasteiger partial charge in [-0.05, 0) is 49.2 Å². The summed E-state index contributed by atoms with van der Waals surface area (Å²) in [5.41, 5.74) is 2.59. The third-order valence-corrected chi connectivity index (χ3v) is 6.06. The first kappa shape index (κ1) is 20.4. The van der Waals surface area contributed by atoms with Gasteiger partial charge in [0.15, 0.2) is 11.5 Å². The minimum Gasteiger partial charge on any atom is -0.493 e. The van der Waals surface area contributed by atoms with Gasteiger partial charge in [-0.3, -0.25) is 4.79 Å². The van der Waals surface area contributed by atoms with Crippen LogP contribution >= 0.6 is 0 Å². The summed E-state index contributed by atoms with van der Waals surface area (Å²) in [6.07, 6.45) is 2.28. The van der Waals surface area contributed by atoms with Gasteiger partial charge in [-0.15, -0.1) is 0 Å². The average molecular weight is 434 g/mol. The van der Waals surface area contributed by atoms with Crippen molar-refractivity contribution in [2.24, 2.45) is 0 Å². The second-order valence-electron chi connectivity index (χ2n) is 8.10. The number of benzene rings is 2. The topological polar surface area (TPSA) is 80.9 Å². The Hall–Kier alpha value is -3.55. The molecule has 2 heterocycles. The summed E-state index contributed by atoms with van der Waals surface area (Å²) in [5.74, 6) is 2.83. The lowest BCUT2D eigenvalue weighted by atomic mass is 10.1. The van der Waals surface area contributed by atoms with Gasteiger partial charge in [0.05, 0.1) is 19.8 Å². The van der Waals surface area contributed by atoms with Gasteiger partial charge in [0.1, 0.15) is 0 Å². The van der Waals surface area contributed by atoms with E-state index >= 15 is 0 Å². The quantitative estimate of drug-likeness (QED) is 0.586. The number of aromatic nitrogens is 2. The zero-order chi connectivity index (χ0) is 22.1. The summed E-state index contributed by atoms with van der Waals surface area (Å²) in [6.45, 7) is 2.78. The smallest absolute Gasteiger partial charge is 0.257 e. The highest BCUT2D eigenvalue weighted by Crippen LogP contribution is 2.39. The summed E-state index contributed by atoms with van der Waals surface area (Å²) in [7, 11) is 3.12. The van der Waals surface area contributed by atoms with Crippen LogP contribution in [0.25, 0.3) is 11.4 Å². The first-order chi connectivity index (χ1) is 15.7. The predicted octanol–water partition coefficient (Wildman–Crippen LogP) is 3.59. The third-order valence-electron chi connectivity index (χ3n) is 6.06. The molecule has 2 aromatic carbocycles. The number of nitrogens with zero attached hydrogens (tertiary/aromatic N) is 4. The second kappa shape index (κ2) is 8.53. The molecule has 166 valence electrons. The maximum absolute atomic E-state index is 13.1. The number of methoxy groups -OCH3 is 2. The molecule has 1 aliphatic carbocycles. The van der Waals surface area contributed by atoms with Crippen molar-refractivity contribution < 1.29 is 18.8 Å². The Labute approximate surface area is 186 Å². The van der Waals surface area contributed by atoms with Crippen LogP contribution in [0.15, 0.2) is 47.0 Å². The van der Waals surface area contributed by atoms with Crippen molar-refractivity contribution in [3.8, 4) is 22.9 Å². The molecule has 0 radical (unpaired) electrons. The van der Waals surface area contributed by atoms with Crippen LogP contribution in [-0.4, -0.2) is 61.3 Å². The third kappa shape index (κ3) is 3.88. The zero-order valence-electron chi connectivity index (χ0n) is 18.3. The summed E-state index contributed by atoms with van der Waals surface area (Å²) in [6, 6.07) is 13.6. The molecular weight excluding hydrogens is 408 g/mol. The van der Waals surface area contributed by atoms with Gasteiger partial charge in [0, 0.05) is 43.3 Å². The number of carbonyl (C=O) groups excluding carboxylic acids is 1. The van der Waals surface area contributed by atoms with Gasteiger partial charge < -0.3 is 23.8 Å². The largest absolute Gasteiger partial charge is 0.493 e. The number of hydrogen-bond acceptors (Lipinski definition) is 7. The SMILES string of the molecule is COc1cccc(C(=O)N2CCN(c3ccc(-c4noc(C5CC5)n4)cc3)CC2)c1OC. The van der Waals surface area contributed by atoms with E-state index in [0.717, 1.165) is 43.1 Å². The highest BCUT2D eigenvalue weighted by atomic mass is 16.5. The molecule has 8 nitrogen and oxygen atoms in total. The molecule has 0 N–H and O–H groups in total. The summed E-state index contributed by atoms with van der Waals surface area (Å²) in [4.78, 5) is 21.8. The zero-order valence-corrected chi connectivity index (χ0v) is 18.3. The van der Waals surface area contributed by atoms with Gasteiger partial charge in [0.2, 0.25) is 11.7 Å². The summed E-state index contributed by atoms with van der Waals surface area (Å²) < 4.78 is 16.1. The van der Waals surface area contributed by atoms with Gasteiger partial charge in [-0.25, -0.2) is 0 Å². The molecule has 2 fully saturated rings. The molecule has 1 aromatic heterocycles. The summed E-state index contributed by atoms with van der Waals surface area (Å²) in [5, 5.41) is 4.11. The minimum absolute atomic E-state index is 0.0423. The van der Waals surface area contributed by atoms with Crippen molar-refractivity contribution in [1.82, 2.24) is 15.0 Å². The molecule has 1 aliphatic heterocycles. The van der Waals surface area contributed by atoms with Crippen LogP contribution in [0, 0.1) is 0 Å². The molecule has 3 aromatic rings. The highest BCUT2D eigenvalue weighted by Gasteiger charge is 2.30. The average Bonchev–Trinajstić information content (AvgIpc) is 3.59. The van der Waals surface area contributed by atoms with Gasteiger partial charge in [0.25, 0.3) is 5.91 Å². The Kier molecular flexibility index (Phi) is 5.43. The molecule has 0 atom stereocenters. The van der Waals surface area contributed by atoms with E-state index in [1.54, 1.807) is 26.4 Å². The van der Waals surface area contributed by atoms with Gasteiger partial charge >= 0.3 is 0 Å². The molecule has 0 spiro atoms. The minimum atomic E-state index is -0.0423. The summed E-state index contributed by atoms with van der Waals surface area (Å²) >= 11 is 0. The van der Waals surface area contributed by atoms with Crippen LogP contribution < -0.4 is 14.4 Å². The maximum Gasteiger partial charge on any atom is 0.257 e. The Morgan fingerprint density at radius 3 is 2.41 bits per heavy atom. The van der Waals surface area contributed by atoms with Crippen LogP contribution in [0.1, 0.15) is 35.0 Å². The Morgan fingerprint density at radius 1 is 1.00 bits per heavy atom. The molecule has 1 saturated carbocycles. The van der Waals surface area contributed by atoms with Crippen molar-refractivity contribution in [2.45, 2.75) is 18.8 Å². The highest BCUT2D eigenvalue weighted by molar-refractivity contribution is 5.98. The predicted molar refractivity (Wildman–Crippen MR) is 119 cm³/mol. The lowest BCUT2D eigenvalue weighted by molar-refractivity contribution is 0.0742. The van der Waals surface area contributed by atoms with Crippen molar-refractivity contribution in [3.63, 3.8) is 0 Å². The molecular formula is C24H26N4O4. The van der Waals surface area contributed by atoms with Gasteiger partial charge in [-0.2, -0.15) is 4.98 Å². The molecule has 1 saturated heterocycles. The lowest BCUT2D eigenvalue weighted by Crippen LogP contribution is -2.48. The Morgan fingerprint density at radius 2 is 1.75 bits per heavy atom. The molecule has 8 heteroatoms. The fraction of sp³-hybridized carbons (Fsp3) is 0.375. The maximum atomic E-state index is 13.1. The number of rotatable bonds is 6. The number of para-hydroxylation sites is 1. The standard InChI is InChI=1S/C24H26N4O4/c1-30-20-5-3-4-19(21(20)31-2)24(29)28-14-12-27(13-15-28)18-10-8-16(9-11-18)22-25-23(32-26-22)17-6-7-17/h3-5,8-11,17H,6-7,12-15H2,1-2H3. The van der Waals surface area contributed by atoms with E-state index in [2.05, 4.69) is 27.2 Å². The van der Waals surface area contributed by atoms with Crippen LogP contribution in [0.2, 0.25) is 0 Å². The number of ether oxygens (including phenoxy) is 2. The van der Waals surface area contributed by atoms with E-state index in [1.807, 2.05) is 23.1 Å². The molecule has 1 amide bonds. The molecule has 32 heavy (non-hydrogen) atoms. The first-order valence-electron chi connectivity index (χ1n) is 10.9. The number of piperazine rings is 1. The molecule has 5 rings (SSSR count). The van der Waals surface area contributed by atoms with E-state index in [4.69, 9.17) is 14.0 Å². The second-order valence-corrected chi connectivity index (χ2v) is 8.10. The molecule has 2 aliphatic rings. The number of anilines is 1. The van der Waals surface area contributed by atoms with Gasteiger partial charge in [-0.1, -0.05) is 11.2 Å². The van der Waals surface area contributed by atoms with Crippen molar-refractivity contribution >= 4 is 11.6 Å². The van der Waals surface area contributed by atoms with Crippen molar-refractivity contribution in [3.05, 3.63) is 53.9 Å². The van der Waals surface area contributed by atoms with E-state index < -0.39 is 0 Å². The Bertz CT molecular complexity index is 1100. The van der Waals surface area contributed by atoms with Crippen LogP contribution in [-0.2, 0) is 0 Å². The van der Waals surface area contributed by atoms with Crippen LogP contribution in [0.5, 0.6) is 11.5 Å². The molecule has 0 unspecified atom stereocenters. The van der Waals surface area contributed by atoms with E-state index in [-0.39, 0.29) is 5.91 Å². The first-order valence-corrected chi connectivity index (χ1v) is 10.9. The fourth-order valence-electron chi connectivity index (χ4n) is 4.06. The number of carbonyl (C=O) groups is 1. The monoisotopic (exact) mass is 434 g/mol. The van der Waals surface area contributed by atoms with Crippen molar-refractivity contribution in [1.29, 1.82) is 0 Å². The van der Waals surface area contributed by atoms with Crippen LogP contribution in [0.4, 0.5) is 5.69 Å². The Balaban J connectivity index is 1.23. The van der Waals surface area contributed by atoms with Crippen LogP contribution in [0.3, 0.4) is 0 Å². The fourth-order valence-corrected chi connectivity index (χ4v) is 4.06. The van der Waals surface area contributed by atoms with E-state index in [0.29, 0.717) is 41.9 Å².